The first kappa shape index (κ1) is 15.4. The molecule has 0 heterocycles. The van der Waals surface area contributed by atoms with Crippen molar-refractivity contribution in [2.45, 2.75) is 79.6 Å². The smallest absolute Gasteiger partial charge is 0.0360 e. The molecule has 0 radical (unpaired) electrons. The molecule has 0 nitrogen and oxygen atoms in total. The lowest BCUT2D eigenvalue weighted by molar-refractivity contribution is 0.0613. The predicted octanol–water partition coefficient (Wildman–Crippen LogP) is 6.16. The number of hydrogen-bond acceptors (Lipinski definition) is 0. The van der Waals surface area contributed by atoms with Gasteiger partial charge in [-0.25, -0.2) is 0 Å². The van der Waals surface area contributed by atoms with Gasteiger partial charge in [-0.15, -0.1) is 0 Å². The van der Waals surface area contributed by atoms with Crippen LogP contribution < -0.4 is 0 Å². The molecule has 0 N–H and O–H groups in total. The molecule has 6 atom stereocenters. The quantitative estimate of drug-likeness (QED) is 0.524. The molecule has 2 aliphatic carbocycles. The summed E-state index contributed by atoms with van der Waals surface area (Å²) >= 11 is 0. The summed E-state index contributed by atoms with van der Waals surface area (Å²) in [6.45, 7) is 12.4. The first-order chi connectivity index (χ1) is 8.99. The van der Waals surface area contributed by atoms with Crippen LogP contribution in [0.5, 0.6) is 0 Å². The van der Waals surface area contributed by atoms with Gasteiger partial charge < -0.3 is 0 Å². The van der Waals surface area contributed by atoms with Crippen LogP contribution >= 0.6 is 0 Å². The van der Waals surface area contributed by atoms with Gasteiger partial charge in [-0.05, 0) is 60.7 Å². The van der Waals surface area contributed by atoms with Crippen molar-refractivity contribution in [3.8, 4) is 0 Å². The molecule has 2 saturated carbocycles. The van der Waals surface area contributed by atoms with E-state index in [1.165, 1.54) is 44.9 Å². The largest absolute Gasteiger partial charge is 0.0625 e. The molecular weight excluding hydrogens is 228 g/mol. The van der Waals surface area contributed by atoms with Crippen molar-refractivity contribution in [2.24, 2.45) is 41.4 Å². The highest BCUT2D eigenvalue weighted by Gasteiger charge is 2.37. The van der Waals surface area contributed by atoms with E-state index in [0.29, 0.717) is 0 Å². The van der Waals surface area contributed by atoms with Crippen LogP contribution in [0.15, 0.2) is 0 Å². The molecule has 2 aliphatic rings. The third-order valence-electron chi connectivity index (χ3n) is 6.65. The Morgan fingerprint density at radius 1 is 0.789 bits per heavy atom. The normalized spacial score (nSPS) is 45.2. The van der Waals surface area contributed by atoms with Gasteiger partial charge in [0, 0.05) is 0 Å². The Kier molecular flexibility index (Phi) is 5.37. The van der Waals surface area contributed by atoms with E-state index in [1.54, 1.807) is 0 Å². The van der Waals surface area contributed by atoms with Crippen molar-refractivity contribution in [1.29, 1.82) is 0 Å². The summed E-state index contributed by atoms with van der Waals surface area (Å²) in [5.74, 6) is 6.85. The Morgan fingerprint density at radius 2 is 1.53 bits per heavy atom. The third kappa shape index (κ3) is 3.76. The third-order valence-corrected chi connectivity index (χ3v) is 6.65. The van der Waals surface area contributed by atoms with Crippen molar-refractivity contribution in [3.63, 3.8) is 0 Å². The van der Waals surface area contributed by atoms with Gasteiger partial charge in [0.05, 0.1) is 0 Å². The number of hydrogen-bond donors (Lipinski definition) is 0. The summed E-state index contributed by atoms with van der Waals surface area (Å²) in [6.07, 6.45) is 10.6. The van der Waals surface area contributed by atoms with Crippen LogP contribution in [0, 0.1) is 41.4 Å². The standard InChI is InChI=1S/C19H36/c1-13(2)19-12-18(11-15(4)16(19)5)17-8-6-7-14(3)9-10-17/h13-19H,6-12H2,1-5H3. The van der Waals surface area contributed by atoms with Crippen molar-refractivity contribution < 1.29 is 0 Å². The minimum Gasteiger partial charge on any atom is -0.0625 e. The molecule has 0 aromatic heterocycles. The molecule has 2 fully saturated rings. The molecule has 0 saturated heterocycles. The summed E-state index contributed by atoms with van der Waals surface area (Å²) in [4.78, 5) is 0. The van der Waals surface area contributed by atoms with Gasteiger partial charge in [0.1, 0.15) is 0 Å². The van der Waals surface area contributed by atoms with E-state index < -0.39 is 0 Å². The molecule has 0 bridgehead atoms. The molecule has 0 aromatic carbocycles. The molecule has 0 aliphatic heterocycles. The van der Waals surface area contributed by atoms with E-state index in [2.05, 4.69) is 34.6 Å². The molecule has 0 heteroatoms. The van der Waals surface area contributed by atoms with E-state index in [1.807, 2.05) is 0 Å². The molecule has 0 spiro atoms. The Balaban J connectivity index is 1.99. The molecule has 6 unspecified atom stereocenters. The summed E-state index contributed by atoms with van der Waals surface area (Å²) in [7, 11) is 0. The minimum absolute atomic E-state index is 0.880. The molecule has 0 amide bonds. The van der Waals surface area contributed by atoms with Crippen LogP contribution in [0.2, 0.25) is 0 Å². The first-order valence-electron chi connectivity index (χ1n) is 8.99. The SMILES string of the molecule is CC1CCCC(C2CC(C)C(C)C(C(C)C)C2)CC1. The Bertz CT molecular complexity index is 267. The van der Waals surface area contributed by atoms with Gasteiger partial charge in [-0.1, -0.05) is 60.3 Å². The Labute approximate surface area is 121 Å². The van der Waals surface area contributed by atoms with Crippen molar-refractivity contribution >= 4 is 0 Å². The summed E-state index contributed by atoms with van der Waals surface area (Å²) in [6, 6.07) is 0. The van der Waals surface area contributed by atoms with Crippen molar-refractivity contribution in [3.05, 3.63) is 0 Å². The summed E-state index contributed by atoms with van der Waals surface area (Å²) in [5.41, 5.74) is 0. The maximum Gasteiger partial charge on any atom is -0.0360 e. The molecular formula is C19H36. The second kappa shape index (κ2) is 6.64. The predicted molar refractivity (Wildman–Crippen MR) is 85.1 cm³/mol. The molecule has 112 valence electrons. The zero-order chi connectivity index (χ0) is 14.0. The Morgan fingerprint density at radius 3 is 2.21 bits per heavy atom. The lowest BCUT2D eigenvalue weighted by Gasteiger charge is -2.44. The van der Waals surface area contributed by atoms with Crippen LogP contribution in [0.1, 0.15) is 79.6 Å². The minimum atomic E-state index is 0.880. The van der Waals surface area contributed by atoms with Crippen molar-refractivity contribution in [1.82, 2.24) is 0 Å². The average Bonchev–Trinajstić information content (AvgIpc) is 2.57. The lowest BCUT2D eigenvalue weighted by atomic mass is 9.62. The van der Waals surface area contributed by atoms with Gasteiger partial charge in [-0.2, -0.15) is 0 Å². The van der Waals surface area contributed by atoms with Gasteiger partial charge >= 0.3 is 0 Å². The first-order valence-corrected chi connectivity index (χ1v) is 8.99. The monoisotopic (exact) mass is 264 g/mol. The molecule has 2 rings (SSSR count). The van der Waals surface area contributed by atoms with E-state index in [4.69, 9.17) is 0 Å². The highest BCUT2D eigenvalue weighted by Crippen LogP contribution is 2.46. The second-order valence-electron chi connectivity index (χ2n) is 8.35. The van der Waals surface area contributed by atoms with Crippen LogP contribution in [-0.4, -0.2) is 0 Å². The van der Waals surface area contributed by atoms with Crippen LogP contribution in [0.3, 0.4) is 0 Å². The van der Waals surface area contributed by atoms with Crippen molar-refractivity contribution in [2.75, 3.05) is 0 Å². The molecule has 0 aromatic rings. The van der Waals surface area contributed by atoms with Gasteiger partial charge in [0.15, 0.2) is 0 Å². The molecule has 19 heavy (non-hydrogen) atoms. The second-order valence-corrected chi connectivity index (χ2v) is 8.35. The van der Waals surface area contributed by atoms with E-state index in [-0.39, 0.29) is 0 Å². The van der Waals surface area contributed by atoms with Crippen LogP contribution in [0.25, 0.3) is 0 Å². The van der Waals surface area contributed by atoms with Gasteiger partial charge in [0.25, 0.3) is 0 Å². The van der Waals surface area contributed by atoms with Gasteiger partial charge in [0.2, 0.25) is 0 Å². The number of rotatable bonds is 2. The fourth-order valence-corrected chi connectivity index (χ4v) is 5.03. The van der Waals surface area contributed by atoms with Crippen LogP contribution in [-0.2, 0) is 0 Å². The highest BCUT2D eigenvalue weighted by atomic mass is 14.4. The maximum absolute atomic E-state index is 2.52. The highest BCUT2D eigenvalue weighted by molar-refractivity contribution is 4.87. The summed E-state index contributed by atoms with van der Waals surface area (Å²) in [5, 5.41) is 0. The lowest BCUT2D eigenvalue weighted by Crippen LogP contribution is -2.35. The average molecular weight is 264 g/mol. The maximum atomic E-state index is 2.52. The summed E-state index contributed by atoms with van der Waals surface area (Å²) < 4.78 is 0. The van der Waals surface area contributed by atoms with Crippen LogP contribution in [0.4, 0.5) is 0 Å². The fraction of sp³-hybridized carbons (Fsp3) is 1.00. The van der Waals surface area contributed by atoms with Gasteiger partial charge in [-0.3, -0.25) is 0 Å². The zero-order valence-corrected chi connectivity index (χ0v) is 14.0. The Hall–Kier alpha value is 0. The zero-order valence-electron chi connectivity index (χ0n) is 14.0. The fourth-order valence-electron chi connectivity index (χ4n) is 5.03. The topological polar surface area (TPSA) is 0 Å². The van der Waals surface area contributed by atoms with E-state index in [9.17, 15) is 0 Å². The van der Waals surface area contributed by atoms with E-state index >= 15 is 0 Å². The van der Waals surface area contributed by atoms with E-state index in [0.717, 1.165) is 41.4 Å².